The molecule has 30 heteroatoms. The lowest BCUT2D eigenvalue weighted by Crippen LogP contribution is -3.00. The number of hydrogen-bond donors (Lipinski definition) is 16. The van der Waals surface area contributed by atoms with Crippen LogP contribution in [0.5, 0.6) is 0 Å². The molecule has 8 atom stereocenters. The summed E-state index contributed by atoms with van der Waals surface area (Å²) in [6, 6.07) is 14.1. The standard InChI is InChI=1S/C22H30Cl2N10.3C22H48N.2C6H12O7.ClH/c23-15-5-9-17(10-6-15)31-21(27)33-19(25)29-13-3-1-2-4-14-30-20(26)34-22(28)32-18-11-7-16(24)8-12-18;3*1-5-7-9-11-13-15-17-19-21-23(3,4)22-20-18-16-14-12-10-8-6-2;2*7-1-2(8)3(9)4(10)5(11)6(12)13;/h5-12H,1-4,13-14H2,(H5,25,27,29,31,33)(H5,26,28,30,32,34);3*5-22H2,1-4H3;2*2-5,7-11H,1H2,(H,12,13);1H/q;3*+1;;;/p-3/t;;;;2*2-,3-,4+,5-;/m....11./s1. The molecule has 27 nitrogen and oxygen atoms in total. The normalized spacial score (nSPS) is 13.9. The lowest BCUT2D eigenvalue weighted by molar-refractivity contribution is -0.890. The van der Waals surface area contributed by atoms with Gasteiger partial charge in [0.2, 0.25) is 23.8 Å². The van der Waals surface area contributed by atoms with Crippen molar-refractivity contribution in [3.8, 4) is 0 Å². The highest BCUT2D eigenvalue weighted by atomic mass is 35.5. The number of carbonyl (C=O) groups is 2. The summed E-state index contributed by atoms with van der Waals surface area (Å²) in [5, 5.41) is 114. The highest BCUT2D eigenvalue weighted by molar-refractivity contribution is 6.31. The molecule has 2 aromatic rings. The zero-order chi connectivity index (χ0) is 97.6. The second-order valence-corrected chi connectivity index (χ2v) is 38.0. The number of aliphatic hydroxyl groups is 10. The molecule has 0 spiro atoms. The first kappa shape index (κ1) is 134. The fourth-order valence-electron chi connectivity index (χ4n) is 14.4. The first-order valence-electron chi connectivity index (χ1n) is 50.4. The van der Waals surface area contributed by atoms with Gasteiger partial charge in [-0.2, -0.15) is 9.98 Å². The Kier molecular flexibility index (Phi) is 94.5. The molecule has 0 heterocycles. The van der Waals surface area contributed by atoms with E-state index >= 15 is 0 Å². The van der Waals surface area contributed by atoms with Gasteiger partial charge in [0.1, 0.15) is 48.8 Å². The van der Waals surface area contributed by atoms with Gasteiger partial charge in [0.15, 0.2) is 0 Å². The molecule has 0 amide bonds. The Morgan fingerprint density at radius 1 is 0.315 bits per heavy atom. The van der Waals surface area contributed by atoms with Crippen molar-refractivity contribution in [3.63, 3.8) is 0 Å². The first-order valence-corrected chi connectivity index (χ1v) is 51.1. The Labute approximate surface area is 806 Å². The lowest BCUT2D eigenvalue weighted by atomic mass is 10.0. The monoisotopic (exact) mass is 1910 g/mol. The molecular weight excluding hydrogens is 1710 g/mol. The average molecular weight is 1910 g/mol. The molecule has 20 N–H and O–H groups in total. The van der Waals surface area contributed by atoms with E-state index in [1.807, 2.05) is 0 Å². The van der Waals surface area contributed by atoms with E-state index in [2.05, 4.69) is 114 Å². The van der Waals surface area contributed by atoms with Crippen LogP contribution >= 0.6 is 23.2 Å². The highest BCUT2D eigenvalue weighted by Crippen LogP contribution is 2.20. The summed E-state index contributed by atoms with van der Waals surface area (Å²) in [7, 11) is 14.6. The molecular formula is C100H196Cl3N13O14. The smallest absolute Gasteiger partial charge is 0.218 e. The molecule has 0 saturated heterocycles. The fourth-order valence-corrected chi connectivity index (χ4v) is 14.7. The number of anilines is 2. The van der Waals surface area contributed by atoms with Crippen LogP contribution in [0, 0.1) is 0 Å². The Morgan fingerprint density at radius 2 is 0.492 bits per heavy atom. The van der Waals surface area contributed by atoms with Crippen LogP contribution in [-0.2, 0) is 9.59 Å². The third kappa shape index (κ3) is 88.5. The van der Waals surface area contributed by atoms with Crippen molar-refractivity contribution in [2.24, 2.45) is 42.9 Å². The van der Waals surface area contributed by atoms with Gasteiger partial charge in [0, 0.05) is 34.5 Å². The number of carbonyl (C=O) groups excluding carboxylic acids is 2. The third-order valence-corrected chi connectivity index (χ3v) is 23.5. The van der Waals surface area contributed by atoms with Crippen LogP contribution in [-0.4, -0.2) is 257 Å². The molecule has 130 heavy (non-hydrogen) atoms. The van der Waals surface area contributed by atoms with Gasteiger partial charge in [0.25, 0.3) is 0 Å². The summed E-state index contributed by atoms with van der Waals surface area (Å²) in [6.07, 6.45) is 56.6. The highest BCUT2D eigenvalue weighted by Gasteiger charge is 2.32. The number of aliphatic hydroxyl groups excluding tert-OH is 10. The quantitative estimate of drug-likeness (QED) is 0.0127. The molecule has 0 radical (unpaired) electrons. The molecule has 766 valence electrons. The number of unbranched alkanes of at least 4 members (excludes halogenated alkanes) is 45. The number of hydrogen-bond acceptors (Lipinski definition) is 16. The van der Waals surface area contributed by atoms with Crippen molar-refractivity contribution in [1.82, 2.24) is 0 Å². The zero-order valence-corrected chi connectivity index (χ0v) is 86.0. The molecule has 0 aliphatic carbocycles. The van der Waals surface area contributed by atoms with E-state index in [9.17, 15) is 19.8 Å². The predicted octanol–water partition coefficient (Wildman–Crippen LogP) is 12.7. The van der Waals surface area contributed by atoms with Crippen LogP contribution in [0.25, 0.3) is 0 Å². The Morgan fingerprint density at radius 3 is 0.669 bits per heavy atom. The number of halogens is 3. The van der Waals surface area contributed by atoms with Gasteiger partial charge in [-0.25, -0.2) is 0 Å². The topological polar surface area (TPSA) is 460 Å². The van der Waals surface area contributed by atoms with E-state index in [4.69, 9.17) is 97.2 Å². The summed E-state index contributed by atoms with van der Waals surface area (Å²) in [5.74, 6) is -3.39. The van der Waals surface area contributed by atoms with E-state index in [1.54, 1.807) is 48.5 Å². The third-order valence-electron chi connectivity index (χ3n) is 23.0. The van der Waals surface area contributed by atoms with Gasteiger partial charge in [0.05, 0.1) is 107 Å². The number of carboxylic acid groups (broad SMARTS) is 2. The van der Waals surface area contributed by atoms with E-state index in [0.29, 0.717) is 23.1 Å². The number of aliphatic carboxylic acids is 2. The minimum atomic E-state index is -2.31. The number of nitrogens with zero attached hydrogens (tertiary/aromatic N) is 7. The van der Waals surface area contributed by atoms with Crippen LogP contribution in [0.1, 0.15) is 375 Å². The number of aliphatic imine (C=N–C) groups is 4. The number of rotatable bonds is 73. The summed E-state index contributed by atoms with van der Waals surface area (Å²) in [6.45, 7) is 21.5. The number of quaternary nitrogens is 3. The van der Waals surface area contributed by atoms with Crippen LogP contribution in [0.4, 0.5) is 11.4 Å². The maximum Gasteiger partial charge on any atom is 0.218 e. The van der Waals surface area contributed by atoms with E-state index < -0.39 is 74.0 Å². The fraction of sp³-hybridized carbons (Fsp3) is 0.820. The summed E-state index contributed by atoms with van der Waals surface area (Å²) in [4.78, 5) is 36.4. The SMILES string of the molecule is CCCCCCCCCC[N+](C)(C)CCCCCCCCCC.CCCCCCCCCC[N+](C)(C)CCCCCCCCCC.CCCCCCCCCC[N+](C)(C)CCCCCCCCCC.NC(=NCCCCCCN=C(N)N=C(N)Nc1ccc(Cl)cc1)N=C(N)Nc1ccc(Cl)cc1.O=C([O-])[C@H](O)[C@@H](O)[C@H](O)[C@H](O)CO.O=C([O-])[C@H](O)[C@@H](O)[C@H](O)[C@H](O)CO.[Cl-]. The van der Waals surface area contributed by atoms with Crippen LogP contribution in [0.15, 0.2) is 68.5 Å². The molecule has 0 aliphatic rings. The molecule has 0 saturated carbocycles. The van der Waals surface area contributed by atoms with Crippen molar-refractivity contribution in [1.29, 1.82) is 0 Å². The summed E-state index contributed by atoms with van der Waals surface area (Å²) >= 11 is 11.7. The Bertz CT molecular complexity index is 2670. The Balaban J connectivity index is -0.000000494. The van der Waals surface area contributed by atoms with Crippen LogP contribution in [0.2, 0.25) is 10.0 Å². The second-order valence-electron chi connectivity index (χ2n) is 37.1. The minimum absolute atomic E-state index is 0. The second kappa shape index (κ2) is 91.9. The molecule has 0 unspecified atom stereocenters. The van der Waals surface area contributed by atoms with Gasteiger partial charge in [-0.15, -0.1) is 0 Å². The number of guanidine groups is 4. The van der Waals surface area contributed by atoms with E-state index in [1.165, 1.54) is 361 Å². The Hall–Kier alpha value is -4.79. The van der Waals surface area contributed by atoms with E-state index in [-0.39, 0.29) is 36.2 Å². The number of carboxylic acids is 2. The lowest BCUT2D eigenvalue weighted by Gasteiger charge is -2.30. The molecule has 2 rings (SSSR count). The molecule has 0 fully saturated rings. The molecule has 0 aliphatic heterocycles. The molecule has 2 aromatic carbocycles. The van der Waals surface area contributed by atoms with Crippen molar-refractivity contribution in [2.75, 3.05) is 118 Å². The molecule has 0 aromatic heterocycles. The number of benzene rings is 2. The van der Waals surface area contributed by atoms with Crippen molar-refractivity contribution in [3.05, 3.63) is 58.6 Å². The number of nitrogens with two attached hydrogens (primary N) is 4. The minimum Gasteiger partial charge on any atom is -1.00 e. The van der Waals surface area contributed by atoms with Crippen molar-refractivity contribution in [2.45, 2.75) is 424 Å². The van der Waals surface area contributed by atoms with Gasteiger partial charge in [-0.3, -0.25) is 9.98 Å². The van der Waals surface area contributed by atoms with Gasteiger partial charge in [-0.1, -0.05) is 309 Å². The van der Waals surface area contributed by atoms with Crippen LogP contribution < -0.4 is 56.2 Å². The predicted molar refractivity (Wildman–Crippen MR) is 538 cm³/mol. The largest absolute Gasteiger partial charge is 1.00 e. The van der Waals surface area contributed by atoms with Crippen molar-refractivity contribution >= 4 is 70.4 Å². The average Bonchev–Trinajstić information content (AvgIpc) is 0.884. The van der Waals surface area contributed by atoms with Crippen molar-refractivity contribution < 1.29 is 96.7 Å². The maximum atomic E-state index is 9.98. The van der Waals surface area contributed by atoms with Gasteiger partial charge < -0.3 is 130 Å². The summed E-state index contributed by atoms with van der Waals surface area (Å²) in [5.41, 5.74) is 24.8. The number of nitrogens with one attached hydrogen (secondary N) is 2. The summed E-state index contributed by atoms with van der Waals surface area (Å²) < 4.78 is 3.73. The van der Waals surface area contributed by atoms with Gasteiger partial charge >= 0.3 is 0 Å². The molecule has 0 bridgehead atoms. The van der Waals surface area contributed by atoms with Gasteiger partial charge in [-0.05, 0) is 138 Å². The first-order chi connectivity index (χ1) is 61.5. The maximum absolute atomic E-state index is 9.98. The van der Waals surface area contributed by atoms with E-state index in [0.717, 1.165) is 37.1 Å². The zero-order valence-electron chi connectivity index (χ0n) is 83.8. The van der Waals surface area contributed by atoms with Crippen LogP contribution in [0.3, 0.4) is 0 Å².